The van der Waals surface area contributed by atoms with Crippen molar-refractivity contribution in [2.45, 2.75) is 32.2 Å². The molecule has 23 heavy (non-hydrogen) atoms. The Bertz CT molecular complexity index is 829. The minimum absolute atomic E-state index is 0.179. The molecule has 1 aliphatic heterocycles. The molecule has 0 bridgehead atoms. The number of nitrogens with two attached hydrogens (primary N) is 1. The molecular formula is C16H20F2N4O. The summed E-state index contributed by atoms with van der Waals surface area (Å²) in [6, 6.07) is 3.35. The predicted molar refractivity (Wildman–Crippen MR) is 86.1 cm³/mol. The van der Waals surface area contributed by atoms with E-state index in [1.165, 1.54) is 9.47 Å². The van der Waals surface area contributed by atoms with Gasteiger partial charge in [0.15, 0.2) is 0 Å². The van der Waals surface area contributed by atoms with Gasteiger partial charge in [0.25, 0.3) is 11.5 Å². The number of fused-ring (bicyclic) bond motifs is 1. The number of alkyl halides is 2. The molecule has 2 N–H and O–H groups in total. The number of halogens is 2. The fraction of sp³-hybridized carbons (Fsp3) is 0.500. The molecule has 1 fully saturated rings. The van der Waals surface area contributed by atoms with Crippen LogP contribution >= 0.6 is 0 Å². The highest BCUT2D eigenvalue weighted by atomic mass is 19.3. The van der Waals surface area contributed by atoms with Crippen molar-refractivity contribution >= 4 is 16.9 Å². The molecule has 2 heterocycles. The fourth-order valence-electron chi connectivity index (χ4n) is 3.08. The molecule has 0 saturated carbocycles. The molecule has 0 radical (unpaired) electrons. The van der Waals surface area contributed by atoms with Crippen LogP contribution in [0.1, 0.15) is 30.5 Å². The fourth-order valence-corrected chi connectivity index (χ4v) is 3.08. The monoisotopic (exact) mass is 322 g/mol. The van der Waals surface area contributed by atoms with Gasteiger partial charge in [-0.05, 0) is 31.0 Å². The Morgan fingerprint density at radius 1 is 1.39 bits per heavy atom. The summed E-state index contributed by atoms with van der Waals surface area (Å²) in [7, 11) is 1.56. The van der Waals surface area contributed by atoms with E-state index < -0.39 is 12.5 Å². The van der Waals surface area contributed by atoms with Crippen molar-refractivity contribution in [3.05, 3.63) is 33.6 Å². The van der Waals surface area contributed by atoms with Gasteiger partial charge in [0, 0.05) is 26.1 Å². The number of nitrogens with zero attached hydrogens (tertiary/aromatic N) is 3. The van der Waals surface area contributed by atoms with Crippen LogP contribution in [-0.4, -0.2) is 28.6 Å². The van der Waals surface area contributed by atoms with Gasteiger partial charge in [-0.3, -0.25) is 9.36 Å². The maximum absolute atomic E-state index is 13.5. The standard InChI is InChI=1S/C16H20F2N4O/c1-9-6-11(10(2)19)13-12(7-9)14(23)21(3)15(20-13)22-5-4-16(17,18)8-22/h6-7,10H,4-5,8,19H2,1-3H3/t10-/m1/s1. The van der Waals surface area contributed by atoms with E-state index in [0.717, 1.165) is 11.1 Å². The Morgan fingerprint density at radius 2 is 2.09 bits per heavy atom. The van der Waals surface area contributed by atoms with E-state index in [1.807, 2.05) is 19.9 Å². The molecule has 2 aromatic rings. The molecule has 3 rings (SSSR count). The lowest BCUT2D eigenvalue weighted by molar-refractivity contribution is 0.0256. The summed E-state index contributed by atoms with van der Waals surface area (Å²) in [5, 5.41) is 0.467. The SMILES string of the molecule is Cc1cc([C@@H](C)N)c2nc(N3CCC(F)(F)C3)n(C)c(=O)c2c1. The molecule has 5 nitrogen and oxygen atoms in total. The van der Waals surface area contributed by atoms with Gasteiger partial charge in [-0.2, -0.15) is 0 Å². The average molecular weight is 322 g/mol. The predicted octanol–water partition coefficient (Wildman–Crippen LogP) is 2.11. The third kappa shape index (κ3) is 2.69. The van der Waals surface area contributed by atoms with Crippen molar-refractivity contribution in [1.82, 2.24) is 9.55 Å². The van der Waals surface area contributed by atoms with Crippen LogP contribution in [0.15, 0.2) is 16.9 Å². The van der Waals surface area contributed by atoms with E-state index in [9.17, 15) is 13.6 Å². The Hall–Kier alpha value is -2.02. The molecular weight excluding hydrogens is 302 g/mol. The number of rotatable bonds is 2. The zero-order chi connectivity index (χ0) is 16.9. The summed E-state index contributed by atoms with van der Waals surface area (Å²) in [5.74, 6) is -2.48. The molecule has 0 spiro atoms. The van der Waals surface area contributed by atoms with Gasteiger partial charge in [0.05, 0.1) is 17.4 Å². The van der Waals surface area contributed by atoms with E-state index >= 15 is 0 Å². The summed E-state index contributed by atoms with van der Waals surface area (Å²) in [6.07, 6.45) is -0.227. The van der Waals surface area contributed by atoms with Crippen LogP contribution in [0, 0.1) is 6.92 Å². The van der Waals surface area contributed by atoms with Crippen LogP contribution in [0.4, 0.5) is 14.7 Å². The second-order valence-electron chi connectivity index (χ2n) is 6.34. The minimum atomic E-state index is -2.75. The number of aromatic nitrogens is 2. The quantitative estimate of drug-likeness (QED) is 0.920. The second-order valence-corrected chi connectivity index (χ2v) is 6.34. The third-order valence-electron chi connectivity index (χ3n) is 4.27. The van der Waals surface area contributed by atoms with Crippen LogP contribution < -0.4 is 16.2 Å². The molecule has 7 heteroatoms. The Morgan fingerprint density at radius 3 is 2.65 bits per heavy atom. The first-order valence-corrected chi connectivity index (χ1v) is 7.59. The average Bonchev–Trinajstić information content (AvgIpc) is 2.82. The minimum Gasteiger partial charge on any atom is -0.336 e. The zero-order valence-corrected chi connectivity index (χ0v) is 13.4. The van der Waals surface area contributed by atoms with Gasteiger partial charge in [0.1, 0.15) is 0 Å². The normalized spacial score (nSPS) is 18.6. The van der Waals surface area contributed by atoms with Crippen molar-refractivity contribution in [1.29, 1.82) is 0 Å². The van der Waals surface area contributed by atoms with Crippen molar-refractivity contribution in [3.8, 4) is 0 Å². The second kappa shape index (κ2) is 5.26. The van der Waals surface area contributed by atoms with Gasteiger partial charge in [0.2, 0.25) is 5.95 Å². The van der Waals surface area contributed by atoms with Crippen molar-refractivity contribution < 1.29 is 8.78 Å². The number of aryl methyl sites for hydroxylation is 1. The molecule has 0 unspecified atom stereocenters. The molecule has 1 aliphatic rings. The zero-order valence-electron chi connectivity index (χ0n) is 13.4. The topological polar surface area (TPSA) is 64.2 Å². The molecule has 0 amide bonds. The van der Waals surface area contributed by atoms with E-state index in [2.05, 4.69) is 4.98 Å². The largest absolute Gasteiger partial charge is 0.336 e. The Balaban J connectivity index is 2.25. The third-order valence-corrected chi connectivity index (χ3v) is 4.27. The molecule has 1 aromatic carbocycles. The molecule has 124 valence electrons. The molecule has 1 saturated heterocycles. The summed E-state index contributed by atoms with van der Waals surface area (Å²) < 4.78 is 28.4. The summed E-state index contributed by atoms with van der Waals surface area (Å²) in [5.41, 5.74) is 7.93. The summed E-state index contributed by atoms with van der Waals surface area (Å²) >= 11 is 0. The van der Waals surface area contributed by atoms with Gasteiger partial charge < -0.3 is 10.6 Å². The Kier molecular flexibility index (Phi) is 3.63. The van der Waals surface area contributed by atoms with Crippen LogP contribution in [0.3, 0.4) is 0 Å². The van der Waals surface area contributed by atoms with E-state index in [0.29, 0.717) is 10.9 Å². The van der Waals surface area contributed by atoms with Crippen molar-refractivity contribution in [2.24, 2.45) is 12.8 Å². The van der Waals surface area contributed by atoms with E-state index in [-0.39, 0.29) is 30.5 Å². The van der Waals surface area contributed by atoms with Gasteiger partial charge in [-0.25, -0.2) is 13.8 Å². The molecule has 1 aromatic heterocycles. The lowest BCUT2D eigenvalue weighted by atomic mass is 10.0. The Labute approximate surface area is 132 Å². The first-order chi connectivity index (χ1) is 10.7. The summed E-state index contributed by atoms with van der Waals surface area (Å²) in [6.45, 7) is 3.47. The van der Waals surface area contributed by atoms with Crippen LogP contribution in [0.5, 0.6) is 0 Å². The first-order valence-electron chi connectivity index (χ1n) is 7.59. The smallest absolute Gasteiger partial charge is 0.267 e. The van der Waals surface area contributed by atoms with Gasteiger partial charge >= 0.3 is 0 Å². The van der Waals surface area contributed by atoms with Gasteiger partial charge in [-0.15, -0.1) is 0 Å². The first kappa shape index (κ1) is 15.9. The number of anilines is 1. The van der Waals surface area contributed by atoms with Gasteiger partial charge in [-0.1, -0.05) is 6.07 Å². The molecule has 0 aliphatic carbocycles. The lowest BCUT2D eigenvalue weighted by Gasteiger charge is -2.21. The number of hydrogen-bond acceptors (Lipinski definition) is 4. The van der Waals surface area contributed by atoms with Crippen LogP contribution in [0.2, 0.25) is 0 Å². The highest BCUT2D eigenvalue weighted by Gasteiger charge is 2.39. The van der Waals surface area contributed by atoms with E-state index in [1.54, 1.807) is 13.1 Å². The van der Waals surface area contributed by atoms with Crippen molar-refractivity contribution in [3.63, 3.8) is 0 Å². The van der Waals surface area contributed by atoms with Crippen LogP contribution in [0.25, 0.3) is 10.9 Å². The maximum atomic E-state index is 13.5. The highest BCUT2D eigenvalue weighted by molar-refractivity contribution is 5.83. The van der Waals surface area contributed by atoms with Crippen LogP contribution in [-0.2, 0) is 7.05 Å². The number of hydrogen-bond donors (Lipinski definition) is 1. The lowest BCUT2D eigenvalue weighted by Crippen LogP contribution is -2.32. The van der Waals surface area contributed by atoms with Crippen molar-refractivity contribution in [2.75, 3.05) is 18.0 Å². The summed E-state index contributed by atoms with van der Waals surface area (Å²) in [4.78, 5) is 18.6. The molecule has 1 atom stereocenters. The highest BCUT2D eigenvalue weighted by Crippen LogP contribution is 2.31. The number of benzene rings is 1. The van der Waals surface area contributed by atoms with E-state index in [4.69, 9.17) is 5.73 Å². The maximum Gasteiger partial charge on any atom is 0.267 e.